The largest absolute Gasteiger partial charge is 0.435 e. The van der Waals surface area contributed by atoms with Gasteiger partial charge in [-0.25, -0.2) is 4.68 Å². The summed E-state index contributed by atoms with van der Waals surface area (Å²) in [6.07, 6.45) is -7.33. The fraction of sp³-hybridized carbons (Fsp3) is 0.105. The first kappa shape index (κ1) is 22.0. The average molecular weight is 468 g/mol. The highest BCUT2D eigenvalue weighted by Gasteiger charge is 2.41. The zero-order valence-electron chi connectivity index (χ0n) is 16.0. The van der Waals surface area contributed by atoms with Gasteiger partial charge >= 0.3 is 12.4 Å². The number of H-pyrrole nitrogens is 1. The fourth-order valence-corrected chi connectivity index (χ4v) is 3.13. The Hall–Kier alpha value is -4.23. The Morgan fingerprint density at radius 2 is 1.76 bits per heavy atom. The van der Waals surface area contributed by atoms with Gasteiger partial charge in [-0.3, -0.25) is 9.59 Å². The van der Waals surface area contributed by atoms with Crippen LogP contribution in [0.1, 0.15) is 21.7 Å². The van der Waals surface area contributed by atoms with Crippen LogP contribution >= 0.6 is 0 Å². The molecule has 0 fully saturated rings. The number of fused-ring (bicyclic) bond motifs is 1. The number of alkyl halides is 6. The summed E-state index contributed by atoms with van der Waals surface area (Å²) in [5.74, 6) is -1.37. The molecule has 0 radical (unpaired) electrons. The summed E-state index contributed by atoms with van der Waals surface area (Å²) in [4.78, 5) is 27.0. The minimum Gasteiger partial charge on any atom is -0.329 e. The Balaban J connectivity index is 1.81. The van der Waals surface area contributed by atoms with Gasteiger partial charge in [0.2, 0.25) is 0 Å². The normalized spacial score (nSPS) is 12.2. The summed E-state index contributed by atoms with van der Waals surface area (Å²) >= 11 is 0. The van der Waals surface area contributed by atoms with E-state index in [9.17, 15) is 35.9 Å². The predicted molar refractivity (Wildman–Crippen MR) is 102 cm³/mol. The van der Waals surface area contributed by atoms with E-state index in [2.05, 4.69) is 20.3 Å². The molecule has 33 heavy (non-hydrogen) atoms. The number of aromatic amines is 1. The lowest BCUT2D eigenvalue weighted by atomic mass is 10.1. The van der Waals surface area contributed by atoms with Crippen molar-refractivity contribution in [3.05, 3.63) is 76.2 Å². The van der Waals surface area contributed by atoms with Gasteiger partial charge in [-0.05, 0) is 24.3 Å². The number of benzene rings is 1. The maximum atomic E-state index is 13.9. The molecule has 3 aromatic heterocycles. The van der Waals surface area contributed by atoms with E-state index in [4.69, 9.17) is 0 Å². The van der Waals surface area contributed by atoms with Gasteiger partial charge in [0.15, 0.2) is 11.4 Å². The first-order valence-electron chi connectivity index (χ1n) is 8.94. The molecule has 0 aliphatic rings. The van der Waals surface area contributed by atoms with Gasteiger partial charge in [-0.1, -0.05) is 6.07 Å². The summed E-state index contributed by atoms with van der Waals surface area (Å²) in [7, 11) is 0. The lowest BCUT2D eigenvalue weighted by Crippen LogP contribution is -2.21. The maximum Gasteiger partial charge on any atom is 0.435 e. The number of carbonyl (C=O) groups excluding carboxylic acids is 1. The molecule has 0 unspecified atom stereocenters. The third-order valence-corrected chi connectivity index (χ3v) is 4.51. The van der Waals surface area contributed by atoms with Crippen molar-refractivity contribution in [3.8, 4) is 5.69 Å². The van der Waals surface area contributed by atoms with Crippen molar-refractivity contribution >= 4 is 22.4 Å². The predicted octanol–water partition coefficient (Wildman–Crippen LogP) is 3.79. The molecular formula is C19H10F6N6O2. The third kappa shape index (κ3) is 4.14. The lowest BCUT2D eigenvalue weighted by Gasteiger charge is -2.14. The highest BCUT2D eigenvalue weighted by molar-refractivity contribution is 6.05. The van der Waals surface area contributed by atoms with Crippen molar-refractivity contribution < 1.29 is 31.1 Å². The minimum atomic E-state index is -5.08. The van der Waals surface area contributed by atoms with Gasteiger partial charge in [0, 0.05) is 17.0 Å². The highest BCUT2D eigenvalue weighted by atomic mass is 19.4. The molecule has 0 saturated heterocycles. The van der Waals surface area contributed by atoms with Crippen LogP contribution in [-0.2, 0) is 12.4 Å². The Kier molecular flexibility index (Phi) is 5.14. The molecule has 0 spiro atoms. The fourth-order valence-electron chi connectivity index (χ4n) is 3.13. The number of rotatable bonds is 3. The molecule has 4 rings (SSSR count). The van der Waals surface area contributed by atoms with Crippen LogP contribution in [-0.4, -0.2) is 30.9 Å². The number of carbonyl (C=O) groups is 1. The van der Waals surface area contributed by atoms with Crippen molar-refractivity contribution in [1.82, 2.24) is 25.0 Å². The molecule has 1 aromatic carbocycles. The van der Waals surface area contributed by atoms with Crippen molar-refractivity contribution in [3.63, 3.8) is 0 Å². The van der Waals surface area contributed by atoms with E-state index in [0.717, 1.165) is 6.20 Å². The van der Waals surface area contributed by atoms with E-state index in [0.29, 0.717) is 16.9 Å². The zero-order valence-corrected chi connectivity index (χ0v) is 16.0. The Morgan fingerprint density at radius 1 is 1.00 bits per heavy atom. The van der Waals surface area contributed by atoms with Crippen LogP contribution in [0.15, 0.2) is 53.7 Å². The van der Waals surface area contributed by atoms with Crippen molar-refractivity contribution in [1.29, 1.82) is 0 Å². The topological polar surface area (TPSA) is 106 Å². The molecule has 0 atom stereocenters. The van der Waals surface area contributed by atoms with E-state index in [1.165, 1.54) is 30.5 Å². The van der Waals surface area contributed by atoms with Crippen LogP contribution in [0.5, 0.6) is 0 Å². The van der Waals surface area contributed by atoms with Crippen LogP contribution in [0.25, 0.3) is 16.5 Å². The summed E-state index contributed by atoms with van der Waals surface area (Å²) in [6, 6.07) is 5.81. The van der Waals surface area contributed by atoms with Crippen LogP contribution in [0.3, 0.4) is 0 Å². The van der Waals surface area contributed by atoms with Gasteiger partial charge in [0.05, 0.1) is 29.3 Å². The maximum absolute atomic E-state index is 13.9. The Labute approximate surface area is 178 Å². The number of nitrogens with one attached hydrogen (secondary N) is 2. The molecule has 2 N–H and O–H groups in total. The second-order valence-electron chi connectivity index (χ2n) is 6.64. The second-order valence-corrected chi connectivity index (χ2v) is 6.64. The summed E-state index contributed by atoms with van der Waals surface area (Å²) < 4.78 is 80.7. The number of amides is 1. The van der Waals surface area contributed by atoms with E-state index >= 15 is 0 Å². The number of halogens is 6. The molecule has 0 bridgehead atoms. The number of pyridine rings is 1. The molecular weight excluding hydrogens is 458 g/mol. The van der Waals surface area contributed by atoms with Crippen molar-refractivity contribution in [2.45, 2.75) is 12.4 Å². The van der Waals surface area contributed by atoms with Crippen molar-refractivity contribution in [2.75, 3.05) is 5.32 Å². The first-order chi connectivity index (χ1) is 15.5. The Morgan fingerprint density at radius 3 is 2.45 bits per heavy atom. The van der Waals surface area contributed by atoms with Gasteiger partial charge in [0.1, 0.15) is 0 Å². The van der Waals surface area contributed by atoms with E-state index in [1.807, 2.05) is 5.32 Å². The smallest absolute Gasteiger partial charge is 0.329 e. The summed E-state index contributed by atoms with van der Waals surface area (Å²) in [5.41, 5.74) is -5.05. The van der Waals surface area contributed by atoms with Gasteiger partial charge in [-0.15, -0.1) is 5.10 Å². The highest BCUT2D eigenvalue weighted by Crippen LogP contribution is 2.35. The molecule has 3 heterocycles. The van der Waals surface area contributed by atoms with Crippen LogP contribution in [0, 0.1) is 0 Å². The molecule has 0 aliphatic heterocycles. The van der Waals surface area contributed by atoms with Gasteiger partial charge < -0.3 is 10.3 Å². The number of hydrogen-bond acceptors (Lipinski definition) is 5. The molecule has 170 valence electrons. The molecule has 1 amide bonds. The van der Waals surface area contributed by atoms with E-state index in [-0.39, 0.29) is 16.5 Å². The molecule has 0 aliphatic carbocycles. The third-order valence-electron chi connectivity index (χ3n) is 4.51. The standard InChI is InChI=1S/C19H10F6N6O2/c20-18(21,22)14-6-9(7-27-30-14)29-17(33)12-8-28-31(15(12)19(23,24)25)13-3-1-2-11-10(13)4-5-26-16(11)32/h1-8H,(H,26,32)(H,29,30,33). The SMILES string of the molecule is O=C(Nc1cnnc(C(F)(F)F)c1)c1cnn(-c2cccc3c(=O)[nH]ccc23)c1C(F)(F)F. The molecule has 14 heteroatoms. The monoisotopic (exact) mass is 468 g/mol. The van der Waals surface area contributed by atoms with Gasteiger partial charge in [0.25, 0.3) is 11.5 Å². The second kappa shape index (κ2) is 7.72. The van der Waals surface area contributed by atoms with Crippen LogP contribution in [0.4, 0.5) is 32.0 Å². The summed E-state index contributed by atoms with van der Waals surface area (Å²) in [6.45, 7) is 0. The van der Waals surface area contributed by atoms with Crippen LogP contribution in [0.2, 0.25) is 0 Å². The zero-order chi connectivity index (χ0) is 24.0. The van der Waals surface area contributed by atoms with E-state index in [1.54, 1.807) is 0 Å². The number of nitrogens with zero attached hydrogens (tertiary/aromatic N) is 4. The Bertz CT molecular complexity index is 1420. The quantitative estimate of drug-likeness (QED) is 0.445. The lowest BCUT2D eigenvalue weighted by molar-refractivity contribution is -0.143. The van der Waals surface area contributed by atoms with E-state index < -0.39 is 46.5 Å². The summed E-state index contributed by atoms with van der Waals surface area (Å²) in [5, 5.41) is 11.8. The van der Waals surface area contributed by atoms with Gasteiger partial charge in [-0.2, -0.15) is 36.5 Å². The van der Waals surface area contributed by atoms with Crippen molar-refractivity contribution in [2.24, 2.45) is 0 Å². The molecule has 8 nitrogen and oxygen atoms in total. The van der Waals surface area contributed by atoms with Crippen LogP contribution < -0.4 is 10.9 Å². The number of aromatic nitrogens is 5. The molecule has 0 saturated carbocycles. The average Bonchev–Trinajstić information content (AvgIpc) is 3.19. The first-order valence-corrected chi connectivity index (χ1v) is 8.94. The minimum absolute atomic E-state index is 0.0900. The number of hydrogen-bond donors (Lipinski definition) is 2. The number of anilines is 1. The molecule has 4 aromatic rings.